The van der Waals surface area contributed by atoms with Gasteiger partial charge in [0.1, 0.15) is 5.71 Å². The summed E-state index contributed by atoms with van der Waals surface area (Å²) in [7, 11) is 0. The molecular weight excluding hydrogens is 328 g/mol. The molecule has 4 nitrogen and oxygen atoms in total. The first-order valence-corrected chi connectivity index (χ1v) is 8.31. The molecule has 0 saturated carbocycles. The Balaban J connectivity index is 1.80. The van der Waals surface area contributed by atoms with Crippen LogP contribution in [0.5, 0.6) is 0 Å². The van der Waals surface area contributed by atoms with Crippen LogP contribution >= 0.6 is 12.2 Å². The Labute approximate surface area is 152 Å². The van der Waals surface area contributed by atoms with Crippen LogP contribution in [0.3, 0.4) is 0 Å². The van der Waals surface area contributed by atoms with Gasteiger partial charge in [-0.3, -0.25) is 10.4 Å². The van der Waals surface area contributed by atoms with Gasteiger partial charge in [0.25, 0.3) is 0 Å². The average molecular weight is 346 g/mol. The summed E-state index contributed by atoms with van der Waals surface area (Å²) in [4.78, 5) is 4.39. The van der Waals surface area contributed by atoms with E-state index in [4.69, 9.17) is 12.2 Å². The molecule has 1 aromatic heterocycles. The van der Waals surface area contributed by atoms with Gasteiger partial charge in [-0.05, 0) is 49.0 Å². The average Bonchev–Trinajstić information content (AvgIpc) is 2.64. The van der Waals surface area contributed by atoms with Gasteiger partial charge in [-0.2, -0.15) is 5.10 Å². The zero-order valence-corrected chi connectivity index (χ0v) is 14.6. The topological polar surface area (TPSA) is 49.3 Å². The molecule has 124 valence electrons. The molecule has 3 aromatic rings. The van der Waals surface area contributed by atoms with Crippen LogP contribution in [0.25, 0.3) is 0 Å². The maximum absolute atomic E-state index is 5.35. The summed E-state index contributed by atoms with van der Waals surface area (Å²) in [6.07, 6.45) is 1.75. The lowest BCUT2D eigenvalue weighted by Gasteiger charge is -2.10. The molecule has 0 spiro atoms. The molecule has 0 aliphatic heterocycles. The maximum atomic E-state index is 5.35. The zero-order chi connectivity index (χ0) is 17.5. The van der Waals surface area contributed by atoms with Crippen molar-refractivity contribution in [3.05, 3.63) is 95.8 Å². The number of nitrogens with one attached hydrogen (secondary N) is 2. The second-order valence-electron chi connectivity index (χ2n) is 5.48. The molecule has 0 fully saturated rings. The van der Waals surface area contributed by atoms with E-state index in [1.807, 2.05) is 79.7 Å². The molecule has 25 heavy (non-hydrogen) atoms. The number of pyridine rings is 1. The molecule has 0 aliphatic rings. The Hall–Kier alpha value is -3.05. The van der Waals surface area contributed by atoms with Gasteiger partial charge in [0.2, 0.25) is 0 Å². The Morgan fingerprint density at radius 1 is 0.960 bits per heavy atom. The molecule has 1 heterocycles. The van der Waals surface area contributed by atoms with E-state index in [0.717, 1.165) is 28.2 Å². The monoisotopic (exact) mass is 346 g/mol. The van der Waals surface area contributed by atoms with Crippen LogP contribution in [0.2, 0.25) is 0 Å². The minimum atomic E-state index is 0.426. The second kappa shape index (κ2) is 8.17. The highest BCUT2D eigenvalue weighted by Gasteiger charge is 2.08. The van der Waals surface area contributed by atoms with Gasteiger partial charge < -0.3 is 5.32 Å². The van der Waals surface area contributed by atoms with Gasteiger partial charge in [0.05, 0.1) is 5.69 Å². The summed E-state index contributed by atoms with van der Waals surface area (Å²) in [6.45, 7) is 2.04. The highest BCUT2D eigenvalue weighted by Crippen LogP contribution is 2.10. The van der Waals surface area contributed by atoms with Crippen molar-refractivity contribution in [2.75, 3.05) is 5.32 Å². The maximum Gasteiger partial charge on any atom is 0.191 e. The number of thiocarbonyl (C=S) groups is 1. The largest absolute Gasteiger partial charge is 0.331 e. The lowest BCUT2D eigenvalue weighted by atomic mass is 10.1. The zero-order valence-electron chi connectivity index (χ0n) is 13.8. The van der Waals surface area contributed by atoms with Crippen molar-refractivity contribution in [3.63, 3.8) is 0 Å². The van der Waals surface area contributed by atoms with Gasteiger partial charge in [-0.1, -0.05) is 48.5 Å². The van der Waals surface area contributed by atoms with Gasteiger partial charge in [-0.25, -0.2) is 0 Å². The van der Waals surface area contributed by atoms with Gasteiger partial charge in [0.15, 0.2) is 5.11 Å². The summed E-state index contributed by atoms with van der Waals surface area (Å²) in [5.41, 5.74) is 7.47. The number of aromatic nitrogens is 1. The predicted molar refractivity (Wildman–Crippen MR) is 107 cm³/mol. The van der Waals surface area contributed by atoms with E-state index in [1.54, 1.807) is 6.20 Å². The Kier molecular flexibility index (Phi) is 5.49. The van der Waals surface area contributed by atoms with E-state index >= 15 is 0 Å². The quantitative estimate of drug-likeness (QED) is 0.424. The standard InChI is InChI=1S/C20H18N4S/c1-15-8-7-11-17(14-15)22-20(25)24-23-19(16-9-3-2-4-10-16)18-12-5-6-13-21-18/h2-14H,1H3,(H2,22,24,25)/b23-19+. The van der Waals surface area contributed by atoms with Crippen LogP contribution in [-0.4, -0.2) is 15.8 Å². The minimum absolute atomic E-state index is 0.426. The molecule has 2 N–H and O–H groups in total. The van der Waals surface area contributed by atoms with Crippen LogP contribution in [-0.2, 0) is 0 Å². The number of aryl methyl sites for hydroxylation is 1. The van der Waals surface area contributed by atoms with Crippen LogP contribution in [0.1, 0.15) is 16.8 Å². The number of benzene rings is 2. The lowest BCUT2D eigenvalue weighted by molar-refractivity contribution is 1.03. The van der Waals surface area contributed by atoms with Crippen LogP contribution in [0, 0.1) is 6.92 Å². The molecule has 0 saturated heterocycles. The fourth-order valence-corrected chi connectivity index (χ4v) is 2.52. The molecule has 0 unspecified atom stereocenters. The fourth-order valence-electron chi connectivity index (χ4n) is 2.36. The number of anilines is 1. The van der Waals surface area contributed by atoms with E-state index in [0.29, 0.717) is 5.11 Å². The van der Waals surface area contributed by atoms with Gasteiger partial charge >= 0.3 is 0 Å². The molecule has 0 radical (unpaired) electrons. The first-order chi connectivity index (χ1) is 12.2. The van der Waals surface area contributed by atoms with Crippen molar-refractivity contribution in [2.45, 2.75) is 6.92 Å². The fraction of sp³-hybridized carbons (Fsp3) is 0.0500. The predicted octanol–water partition coefficient (Wildman–Crippen LogP) is 4.13. The van der Waals surface area contributed by atoms with E-state index < -0.39 is 0 Å². The first kappa shape index (κ1) is 16.8. The molecule has 0 bridgehead atoms. The minimum Gasteiger partial charge on any atom is -0.331 e. The molecule has 3 rings (SSSR count). The third-order valence-corrected chi connectivity index (χ3v) is 3.69. The van der Waals surface area contributed by atoms with Crippen molar-refractivity contribution < 1.29 is 0 Å². The summed E-state index contributed by atoms with van der Waals surface area (Å²) >= 11 is 5.35. The molecule has 2 aromatic carbocycles. The normalized spacial score (nSPS) is 11.0. The van der Waals surface area contributed by atoms with E-state index in [9.17, 15) is 0 Å². The molecule has 0 aliphatic carbocycles. The Morgan fingerprint density at radius 3 is 2.48 bits per heavy atom. The number of nitrogens with zero attached hydrogens (tertiary/aromatic N) is 2. The third-order valence-electron chi connectivity index (χ3n) is 3.50. The Morgan fingerprint density at radius 2 is 1.76 bits per heavy atom. The molecular formula is C20H18N4S. The second-order valence-corrected chi connectivity index (χ2v) is 5.89. The van der Waals surface area contributed by atoms with Crippen LogP contribution < -0.4 is 10.7 Å². The summed E-state index contributed by atoms with van der Waals surface area (Å²) in [6, 6.07) is 23.6. The van der Waals surface area contributed by atoms with Gasteiger partial charge in [0, 0.05) is 17.4 Å². The van der Waals surface area contributed by atoms with Crippen molar-refractivity contribution >= 4 is 28.7 Å². The molecule has 0 amide bonds. The lowest BCUT2D eigenvalue weighted by Crippen LogP contribution is -2.25. The van der Waals surface area contributed by atoms with Crippen molar-refractivity contribution in [1.29, 1.82) is 0 Å². The van der Waals surface area contributed by atoms with Crippen LogP contribution in [0.15, 0.2) is 84.1 Å². The van der Waals surface area contributed by atoms with Crippen molar-refractivity contribution in [3.8, 4) is 0 Å². The number of rotatable bonds is 4. The number of hydrazone groups is 1. The van der Waals surface area contributed by atoms with E-state index in [-0.39, 0.29) is 0 Å². The summed E-state index contributed by atoms with van der Waals surface area (Å²) in [5, 5.41) is 8.04. The first-order valence-electron chi connectivity index (χ1n) is 7.90. The SMILES string of the molecule is Cc1cccc(NC(=S)N/N=C(\c2ccccc2)c2ccccn2)c1. The number of hydrogen-bond donors (Lipinski definition) is 2. The third kappa shape index (κ3) is 4.71. The van der Waals surface area contributed by atoms with Crippen molar-refractivity contribution in [1.82, 2.24) is 10.4 Å². The highest BCUT2D eigenvalue weighted by atomic mass is 32.1. The highest BCUT2D eigenvalue weighted by molar-refractivity contribution is 7.80. The van der Waals surface area contributed by atoms with E-state index in [1.165, 1.54) is 0 Å². The van der Waals surface area contributed by atoms with Crippen LogP contribution in [0.4, 0.5) is 5.69 Å². The number of hydrogen-bond acceptors (Lipinski definition) is 3. The Bertz CT molecular complexity index is 835. The summed E-state index contributed by atoms with van der Waals surface area (Å²) in [5.74, 6) is 0. The van der Waals surface area contributed by atoms with Gasteiger partial charge in [-0.15, -0.1) is 0 Å². The van der Waals surface area contributed by atoms with E-state index in [2.05, 4.69) is 20.8 Å². The molecule has 0 atom stereocenters. The van der Waals surface area contributed by atoms with Crippen molar-refractivity contribution in [2.24, 2.45) is 5.10 Å². The summed E-state index contributed by atoms with van der Waals surface area (Å²) < 4.78 is 0. The smallest absolute Gasteiger partial charge is 0.191 e. The molecule has 5 heteroatoms.